The van der Waals surface area contributed by atoms with E-state index in [0.717, 1.165) is 37.8 Å². The van der Waals surface area contributed by atoms with Gasteiger partial charge in [-0.05, 0) is 44.6 Å². The van der Waals surface area contributed by atoms with E-state index in [9.17, 15) is 9.90 Å². The number of carbonyl (C=O) groups is 1. The van der Waals surface area contributed by atoms with Crippen LogP contribution in [0, 0.1) is 0 Å². The Balaban J connectivity index is 1.93. The van der Waals surface area contributed by atoms with Gasteiger partial charge in [0.25, 0.3) is 5.91 Å². The zero-order valence-corrected chi connectivity index (χ0v) is 13.1. The minimum absolute atomic E-state index is 0.102. The van der Waals surface area contributed by atoms with E-state index in [1.54, 1.807) is 0 Å². The van der Waals surface area contributed by atoms with E-state index >= 15 is 0 Å². The number of benzene rings is 1. The van der Waals surface area contributed by atoms with Crippen LogP contribution in [0.4, 0.5) is 0 Å². The van der Waals surface area contributed by atoms with Crippen LogP contribution in [0.5, 0.6) is 0 Å². The number of aliphatic hydroxyl groups is 1. The molecule has 116 valence electrons. The highest BCUT2D eigenvalue weighted by molar-refractivity contribution is 5.94. The van der Waals surface area contributed by atoms with E-state index in [1.165, 1.54) is 6.42 Å². The molecule has 0 bridgehead atoms. The number of amides is 1. The second-order valence-corrected chi connectivity index (χ2v) is 6.41. The van der Waals surface area contributed by atoms with Gasteiger partial charge in [0, 0.05) is 18.7 Å². The molecule has 0 spiro atoms. The van der Waals surface area contributed by atoms with E-state index in [0.29, 0.717) is 12.1 Å². The summed E-state index contributed by atoms with van der Waals surface area (Å²) >= 11 is 0. The minimum Gasteiger partial charge on any atom is -0.388 e. The molecule has 1 amide bonds. The molecule has 0 atom stereocenters. The van der Waals surface area contributed by atoms with Crippen LogP contribution in [0.15, 0.2) is 24.3 Å². The first-order chi connectivity index (χ1) is 9.98. The molecule has 1 aliphatic carbocycles. The topological polar surface area (TPSA) is 52.6 Å². The molecule has 21 heavy (non-hydrogen) atoms. The molecule has 0 aromatic heterocycles. The van der Waals surface area contributed by atoms with E-state index < -0.39 is 5.60 Å². The summed E-state index contributed by atoms with van der Waals surface area (Å²) in [6.07, 6.45) is 4.85. The van der Waals surface area contributed by atoms with E-state index in [-0.39, 0.29) is 5.91 Å². The van der Waals surface area contributed by atoms with Crippen molar-refractivity contribution < 1.29 is 9.90 Å². The van der Waals surface area contributed by atoms with Crippen molar-refractivity contribution in [3.8, 4) is 0 Å². The Bertz CT molecular complexity index is 479. The van der Waals surface area contributed by atoms with Crippen LogP contribution < -0.4 is 5.32 Å². The molecule has 1 fully saturated rings. The van der Waals surface area contributed by atoms with Gasteiger partial charge in [0.2, 0.25) is 0 Å². The zero-order chi connectivity index (χ0) is 15.3. The first-order valence-electron chi connectivity index (χ1n) is 7.73. The third-order valence-corrected chi connectivity index (χ3v) is 4.05. The Morgan fingerprint density at radius 3 is 2.67 bits per heavy atom. The van der Waals surface area contributed by atoms with E-state index in [2.05, 4.69) is 10.2 Å². The summed E-state index contributed by atoms with van der Waals surface area (Å²) in [5.41, 5.74) is 1.06. The van der Waals surface area contributed by atoms with Crippen LogP contribution >= 0.6 is 0 Å². The Morgan fingerprint density at radius 2 is 2.00 bits per heavy atom. The van der Waals surface area contributed by atoms with Gasteiger partial charge >= 0.3 is 0 Å². The smallest absolute Gasteiger partial charge is 0.251 e. The summed E-state index contributed by atoms with van der Waals surface area (Å²) in [6, 6.07) is 7.66. The van der Waals surface area contributed by atoms with Gasteiger partial charge in [0.1, 0.15) is 0 Å². The molecular formula is C17H26N2O2. The van der Waals surface area contributed by atoms with Crippen LogP contribution in [0.25, 0.3) is 0 Å². The minimum atomic E-state index is -0.713. The summed E-state index contributed by atoms with van der Waals surface area (Å²) in [5, 5.41) is 13.3. The molecule has 4 nitrogen and oxygen atoms in total. The zero-order valence-electron chi connectivity index (χ0n) is 13.1. The molecule has 0 unspecified atom stereocenters. The summed E-state index contributed by atoms with van der Waals surface area (Å²) in [6.45, 7) is 1.16. The normalized spacial score (nSPS) is 17.7. The van der Waals surface area contributed by atoms with Gasteiger partial charge in [-0.15, -0.1) is 0 Å². The third kappa shape index (κ3) is 4.83. The lowest BCUT2D eigenvalue weighted by Gasteiger charge is -2.32. The molecule has 1 saturated carbocycles. The highest BCUT2D eigenvalue weighted by Crippen LogP contribution is 2.27. The van der Waals surface area contributed by atoms with Gasteiger partial charge in [-0.25, -0.2) is 0 Å². The van der Waals surface area contributed by atoms with Crippen LogP contribution in [0.3, 0.4) is 0 Å². The van der Waals surface area contributed by atoms with Crippen molar-refractivity contribution in [2.45, 2.75) is 44.2 Å². The van der Waals surface area contributed by atoms with E-state index in [1.807, 2.05) is 38.4 Å². The first-order valence-corrected chi connectivity index (χ1v) is 7.73. The van der Waals surface area contributed by atoms with Crippen molar-refractivity contribution in [1.82, 2.24) is 10.2 Å². The quantitative estimate of drug-likeness (QED) is 0.874. The predicted octanol–water partition coefficient (Wildman–Crippen LogP) is 2.17. The maximum Gasteiger partial charge on any atom is 0.251 e. The van der Waals surface area contributed by atoms with Crippen molar-refractivity contribution in [1.29, 1.82) is 0 Å². The van der Waals surface area contributed by atoms with Gasteiger partial charge < -0.3 is 15.3 Å². The molecule has 4 heteroatoms. The Morgan fingerprint density at radius 1 is 1.29 bits per heavy atom. The van der Waals surface area contributed by atoms with Crippen molar-refractivity contribution >= 4 is 5.91 Å². The molecule has 0 aliphatic heterocycles. The average Bonchev–Trinajstić information content (AvgIpc) is 2.45. The van der Waals surface area contributed by atoms with Crippen molar-refractivity contribution in [3.63, 3.8) is 0 Å². The fourth-order valence-corrected chi connectivity index (χ4v) is 2.91. The SMILES string of the molecule is CN(C)Cc1cccc(C(=O)NCC2(O)CCCCC2)c1. The van der Waals surface area contributed by atoms with Crippen molar-refractivity contribution in [3.05, 3.63) is 35.4 Å². The van der Waals surface area contributed by atoms with Crippen molar-refractivity contribution in [2.75, 3.05) is 20.6 Å². The summed E-state index contributed by atoms with van der Waals surface area (Å²) in [5.74, 6) is -0.102. The predicted molar refractivity (Wildman–Crippen MR) is 84.2 cm³/mol. The molecule has 0 saturated heterocycles. The van der Waals surface area contributed by atoms with Crippen LogP contribution in [0.1, 0.15) is 48.0 Å². The van der Waals surface area contributed by atoms with Gasteiger partial charge in [-0.3, -0.25) is 4.79 Å². The lowest BCUT2D eigenvalue weighted by Crippen LogP contribution is -2.44. The molecule has 0 heterocycles. The highest BCUT2D eigenvalue weighted by Gasteiger charge is 2.29. The fourth-order valence-electron chi connectivity index (χ4n) is 2.91. The largest absolute Gasteiger partial charge is 0.388 e. The van der Waals surface area contributed by atoms with Crippen LogP contribution in [-0.4, -0.2) is 42.2 Å². The van der Waals surface area contributed by atoms with Gasteiger partial charge in [-0.1, -0.05) is 31.4 Å². The lowest BCUT2D eigenvalue weighted by molar-refractivity contribution is 0.00525. The Kier molecular flexibility index (Phi) is 5.37. The first kappa shape index (κ1) is 16.0. The summed E-state index contributed by atoms with van der Waals surface area (Å²) in [7, 11) is 4.01. The molecular weight excluding hydrogens is 264 g/mol. The number of carbonyl (C=O) groups excluding carboxylic acids is 1. The van der Waals surface area contributed by atoms with E-state index in [4.69, 9.17) is 0 Å². The Labute approximate surface area is 127 Å². The van der Waals surface area contributed by atoms with Gasteiger partial charge in [-0.2, -0.15) is 0 Å². The number of hydrogen-bond donors (Lipinski definition) is 2. The summed E-state index contributed by atoms with van der Waals surface area (Å²) < 4.78 is 0. The summed E-state index contributed by atoms with van der Waals surface area (Å²) in [4.78, 5) is 14.3. The van der Waals surface area contributed by atoms with Gasteiger partial charge in [0.15, 0.2) is 0 Å². The molecule has 0 radical (unpaired) electrons. The molecule has 1 aromatic rings. The number of rotatable bonds is 5. The molecule has 1 aromatic carbocycles. The highest BCUT2D eigenvalue weighted by atomic mass is 16.3. The average molecular weight is 290 g/mol. The number of hydrogen-bond acceptors (Lipinski definition) is 3. The third-order valence-electron chi connectivity index (χ3n) is 4.05. The Hall–Kier alpha value is -1.39. The molecule has 2 rings (SSSR count). The number of nitrogens with zero attached hydrogens (tertiary/aromatic N) is 1. The molecule has 1 aliphatic rings. The maximum absolute atomic E-state index is 12.2. The van der Waals surface area contributed by atoms with Crippen LogP contribution in [0.2, 0.25) is 0 Å². The monoisotopic (exact) mass is 290 g/mol. The number of nitrogens with one attached hydrogen (secondary N) is 1. The van der Waals surface area contributed by atoms with Crippen LogP contribution in [-0.2, 0) is 6.54 Å². The van der Waals surface area contributed by atoms with Crippen molar-refractivity contribution in [2.24, 2.45) is 0 Å². The fraction of sp³-hybridized carbons (Fsp3) is 0.588. The second-order valence-electron chi connectivity index (χ2n) is 6.41. The van der Waals surface area contributed by atoms with Gasteiger partial charge in [0.05, 0.1) is 5.60 Å². The second kappa shape index (κ2) is 7.05. The standard InChI is InChI=1S/C17H26N2O2/c1-19(2)12-14-7-6-8-15(11-14)16(20)18-13-17(21)9-4-3-5-10-17/h6-8,11,21H,3-5,9-10,12-13H2,1-2H3,(H,18,20). The lowest BCUT2D eigenvalue weighted by atomic mass is 9.85. The maximum atomic E-state index is 12.2. The molecule has 2 N–H and O–H groups in total.